The molecule has 2 heteroatoms. The van der Waals surface area contributed by atoms with Crippen LogP contribution in [0.25, 0.3) is 0 Å². The van der Waals surface area contributed by atoms with E-state index in [-0.39, 0.29) is 5.78 Å². The minimum atomic E-state index is -1.52. The van der Waals surface area contributed by atoms with E-state index in [2.05, 4.69) is 5.92 Å². The third-order valence-electron chi connectivity index (χ3n) is 4.00. The highest BCUT2D eigenvalue weighted by atomic mass is 16.3. The zero-order valence-electron chi connectivity index (χ0n) is 13.0. The molecule has 0 aromatic heterocycles. The molecule has 0 spiro atoms. The molecular formula is C22H16O2. The van der Waals surface area contributed by atoms with E-state index in [1.54, 1.807) is 48.5 Å². The van der Waals surface area contributed by atoms with Crippen LogP contribution in [0.2, 0.25) is 0 Å². The SMILES string of the molecule is C#CC(O)(c1ccccc1)c1ccc(C(=O)c2ccccc2)cc1. The van der Waals surface area contributed by atoms with Gasteiger partial charge in [0.1, 0.15) is 0 Å². The Bertz CT molecular complexity index is 875. The van der Waals surface area contributed by atoms with Gasteiger partial charge in [0.25, 0.3) is 0 Å². The molecule has 0 saturated carbocycles. The monoisotopic (exact) mass is 312 g/mol. The van der Waals surface area contributed by atoms with Gasteiger partial charge in [-0.1, -0.05) is 90.8 Å². The van der Waals surface area contributed by atoms with E-state index in [0.717, 1.165) is 0 Å². The van der Waals surface area contributed by atoms with Crippen LogP contribution in [0.1, 0.15) is 27.0 Å². The third kappa shape index (κ3) is 2.86. The van der Waals surface area contributed by atoms with Gasteiger partial charge in [-0.25, -0.2) is 0 Å². The lowest BCUT2D eigenvalue weighted by Crippen LogP contribution is -2.25. The first-order valence-electron chi connectivity index (χ1n) is 7.61. The number of terminal acetylenes is 1. The molecule has 1 N–H and O–H groups in total. The summed E-state index contributed by atoms with van der Waals surface area (Å²) in [6.07, 6.45) is 5.59. The first kappa shape index (κ1) is 15.7. The van der Waals surface area contributed by atoms with Gasteiger partial charge in [0, 0.05) is 22.3 Å². The predicted molar refractivity (Wildman–Crippen MR) is 94.6 cm³/mol. The minimum Gasteiger partial charge on any atom is -0.369 e. The molecule has 0 aliphatic carbocycles. The van der Waals surface area contributed by atoms with Crippen LogP contribution in [0.15, 0.2) is 84.9 Å². The number of hydrogen-bond donors (Lipinski definition) is 1. The quantitative estimate of drug-likeness (QED) is 0.588. The van der Waals surface area contributed by atoms with Crippen molar-refractivity contribution >= 4 is 5.78 Å². The van der Waals surface area contributed by atoms with E-state index in [1.807, 2.05) is 36.4 Å². The molecule has 0 heterocycles. The fourth-order valence-electron chi connectivity index (χ4n) is 2.63. The number of aliphatic hydroxyl groups is 1. The number of ketones is 1. The van der Waals surface area contributed by atoms with Crippen molar-refractivity contribution in [3.63, 3.8) is 0 Å². The third-order valence-corrected chi connectivity index (χ3v) is 4.00. The first-order valence-corrected chi connectivity index (χ1v) is 7.61. The number of carbonyl (C=O) groups excluding carboxylic acids is 1. The largest absolute Gasteiger partial charge is 0.369 e. The maximum Gasteiger partial charge on any atom is 0.193 e. The van der Waals surface area contributed by atoms with Crippen molar-refractivity contribution in [3.05, 3.63) is 107 Å². The van der Waals surface area contributed by atoms with E-state index in [9.17, 15) is 9.90 Å². The van der Waals surface area contributed by atoms with Gasteiger partial charge in [0.15, 0.2) is 11.4 Å². The average Bonchev–Trinajstić information content (AvgIpc) is 2.68. The van der Waals surface area contributed by atoms with Crippen molar-refractivity contribution in [3.8, 4) is 12.3 Å². The van der Waals surface area contributed by atoms with E-state index in [0.29, 0.717) is 22.3 Å². The smallest absolute Gasteiger partial charge is 0.193 e. The highest BCUT2D eigenvalue weighted by molar-refractivity contribution is 6.08. The first-order chi connectivity index (χ1) is 11.6. The van der Waals surface area contributed by atoms with Gasteiger partial charge in [-0.3, -0.25) is 4.79 Å². The highest BCUT2D eigenvalue weighted by Crippen LogP contribution is 2.29. The van der Waals surface area contributed by atoms with Crippen LogP contribution in [-0.2, 0) is 5.60 Å². The van der Waals surface area contributed by atoms with Crippen molar-refractivity contribution in [1.29, 1.82) is 0 Å². The molecule has 24 heavy (non-hydrogen) atoms. The summed E-state index contributed by atoms with van der Waals surface area (Å²) in [5.74, 6) is 2.40. The molecule has 3 aromatic rings. The summed E-state index contributed by atoms with van der Waals surface area (Å²) in [5, 5.41) is 10.9. The molecule has 0 bridgehead atoms. The standard InChI is InChI=1S/C22H16O2/c1-2-22(24,19-11-7-4-8-12-19)20-15-13-18(14-16-20)21(23)17-9-5-3-6-10-17/h1,3-16,24H. The van der Waals surface area contributed by atoms with Crippen molar-refractivity contribution in [2.75, 3.05) is 0 Å². The average molecular weight is 312 g/mol. The molecule has 0 aliphatic heterocycles. The lowest BCUT2D eigenvalue weighted by atomic mass is 9.86. The molecule has 3 aromatic carbocycles. The molecule has 2 nitrogen and oxygen atoms in total. The van der Waals surface area contributed by atoms with Gasteiger partial charge in [0.2, 0.25) is 0 Å². The Hall–Kier alpha value is -3.15. The Kier molecular flexibility index (Phi) is 4.29. The topological polar surface area (TPSA) is 37.3 Å². The van der Waals surface area contributed by atoms with Crippen LogP contribution in [0.5, 0.6) is 0 Å². The molecule has 0 fully saturated rings. The van der Waals surface area contributed by atoms with Gasteiger partial charge in [-0.15, -0.1) is 6.42 Å². The second-order valence-electron chi connectivity index (χ2n) is 5.49. The van der Waals surface area contributed by atoms with Crippen LogP contribution in [0, 0.1) is 12.3 Å². The van der Waals surface area contributed by atoms with Crippen LogP contribution in [0.4, 0.5) is 0 Å². The lowest BCUT2D eigenvalue weighted by molar-refractivity contribution is 0.103. The van der Waals surface area contributed by atoms with Crippen molar-refractivity contribution in [2.24, 2.45) is 0 Å². The van der Waals surface area contributed by atoms with E-state index >= 15 is 0 Å². The van der Waals surface area contributed by atoms with E-state index in [4.69, 9.17) is 6.42 Å². The summed E-state index contributed by atoms with van der Waals surface area (Å²) >= 11 is 0. The van der Waals surface area contributed by atoms with Gasteiger partial charge in [-0.05, 0) is 0 Å². The summed E-state index contributed by atoms with van der Waals surface area (Å²) < 4.78 is 0. The Morgan fingerprint density at radius 2 is 1.21 bits per heavy atom. The summed E-state index contributed by atoms with van der Waals surface area (Å²) in [5.41, 5.74) is 0.837. The predicted octanol–water partition coefficient (Wildman–Crippen LogP) is 3.79. The number of carbonyl (C=O) groups is 1. The maximum absolute atomic E-state index is 12.4. The van der Waals surface area contributed by atoms with E-state index < -0.39 is 5.60 Å². The lowest BCUT2D eigenvalue weighted by Gasteiger charge is -2.23. The molecule has 0 aliphatic rings. The normalized spacial score (nSPS) is 12.8. The second kappa shape index (κ2) is 6.54. The van der Waals surface area contributed by atoms with Crippen molar-refractivity contribution < 1.29 is 9.90 Å². The summed E-state index contributed by atoms with van der Waals surface area (Å²) in [7, 11) is 0. The van der Waals surface area contributed by atoms with Gasteiger partial charge in [0.05, 0.1) is 0 Å². The Morgan fingerprint density at radius 1 is 0.750 bits per heavy atom. The van der Waals surface area contributed by atoms with Crippen LogP contribution >= 0.6 is 0 Å². The van der Waals surface area contributed by atoms with Crippen LogP contribution in [-0.4, -0.2) is 10.9 Å². The second-order valence-corrected chi connectivity index (χ2v) is 5.49. The van der Waals surface area contributed by atoms with Crippen LogP contribution in [0.3, 0.4) is 0 Å². The van der Waals surface area contributed by atoms with Gasteiger partial charge in [-0.2, -0.15) is 0 Å². The minimum absolute atomic E-state index is 0.0638. The highest BCUT2D eigenvalue weighted by Gasteiger charge is 2.29. The molecule has 0 amide bonds. The number of rotatable bonds is 4. The summed E-state index contributed by atoms with van der Waals surface area (Å²) in [6, 6.07) is 24.9. The molecule has 1 atom stereocenters. The number of hydrogen-bond acceptors (Lipinski definition) is 2. The molecule has 0 saturated heterocycles. The fraction of sp³-hybridized carbons (Fsp3) is 0.0455. The zero-order chi connectivity index (χ0) is 17.0. The molecule has 3 rings (SSSR count). The van der Waals surface area contributed by atoms with Gasteiger partial charge < -0.3 is 5.11 Å². The van der Waals surface area contributed by atoms with Crippen molar-refractivity contribution in [1.82, 2.24) is 0 Å². The zero-order valence-corrected chi connectivity index (χ0v) is 13.0. The maximum atomic E-state index is 12.4. The Balaban J connectivity index is 1.95. The summed E-state index contributed by atoms with van der Waals surface area (Å²) in [6.45, 7) is 0. The van der Waals surface area contributed by atoms with Gasteiger partial charge >= 0.3 is 0 Å². The summed E-state index contributed by atoms with van der Waals surface area (Å²) in [4.78, 5) is 12.4. The molecule has 116 valence electrons. The molecular weight excluding hydrogens is 296 g/mol. The Labute approximate surface area is 141 Å². The van der Waals surface area contributed by atoms with E-state index in [1.165, 1.54) is 0 Å². The molecule has 1 unspecified atom stereocenters. The molecule has 0 radical (unpaired) electrons. The number of benzene rings is 3. The van der Waals surface area contributed by atoms with Crippen molar-refractivity contribution in [2.45, 2.75) is 5.60 Å². The van der Waals surface area contributed by atoms with Crippen LogP contribution < -0.4 is 0 Å². The Morgan fingerprint density at radius 3 is 1.75 bits per heavy atom. The fourth-order valence-corrected chi connectivity index (χ4v) is 2.63.